The number of halogens is 1. The summed E-state index contributed by atoms with van der Waals surface area (Å²) in [6.45, 7) is 1.84. The van der Waals surface area contributed by atoms with Crippen LogP contribution in [0.1, 0.15) is 16.4 Å². The van der Waals surface area contributed by atoms with Gasteiger partial charge in [-0.1, -0.05) is 0 Å². The number of hydrogen-bond acceptors (Lipinski definition) is 3. The molecule has 0 unspecified atom stereocenters. The van der Waals surface area contributed by atoms with Gasteiger partial charge in [-0.2, -0.15) is 0 Å². The van der Waals surface area contributed by atoms with E-state index in [1.807, 2.05) is 6.92 Å². The number of carbonyl (C=O) groups excluding carboxylic acids is 1. The van der Waals surface area contributed by atoms with Crippen LogP contribution in [-0.4, -0.2) is 21.6 Å². The lowest BCUT2D eigenvalue weighted by Crippen LogP contribution is -1.96. The van der Waals surface area contributed by atoms with Crippen LogP contribution in [0.5, 0.6) is 0 Å². The summed E-state index contributed by atoms with van der Waals surface area (Å²) in [5.74, 6) is 1.36. The topological polar surface area (TPSA) is 58.9 Å². The summed E-state index contributed by atoms with van der Waals surface area (Å²) in [5, 5.41) is 0. The van der Waals surface area contributed by atoms with E-state index in [2.05, 4.69) is 9.97 Å². The van der Waals surface area contributed by atoms with Gasteiger partial charge in [0, 0.05) is 0 Å². The van der Waals surface area contributed by atoms with E-state index in [0.717, 1.165) is 11.5 Å². The van der Waals surface area contributed by atoms with Gasteiger partial charge in [0.25, 0.3) is 0 Å². The lowest BCUT2D eigenvalue weighted by atomic mass is 10.3. The van der Waals surface area contributed by atoms with Crippen molar-refractivity contribution in [2.45, 2.75) is 6.92 Å². The molecular weight excluding hydrogens is 216 g/mol. The number of aromatic amines is 1. The smallest absolute Gasteiger partial charge is 0.212 e. The molecule has 4 nitrogen and oxygen atoms in total. The van der Waals surface area contributed by atoms with Gasteiger partial charge < -0.3 is 9.40 Å². The highest BCUT2D eigenvalue weighted by Gasteiger charge is 2.11. The van der Waals surface area contributed by atoms with Crippen molar-refractivity contribution in [2.75, 3.05) is 5.88 Å². The van der Waals surface area contributed by atoms with E-state index < -0.39 is 0 Å². The fraction of sp³-hybridized carbons (Fsp3) is 0.200. The largest absolute Gasteiger partial charge is 0.451 e. The number of nitrogens with zero attached hydrogens (tertiary/aromatic N) is 1. The highest BCUT2D eigenvalue weighted by atomic mass is 35.5. The van der Waals surface area contributed by atoms with Crippen LogP contribution in [0.2, 0.25) is 0 Å². The molecule has 1 N–H and O–H groups in total. The molecule has 0 amide bonds. The Morgan fingerprint density at radius 2 is 2.40 bits per heavy atom. The standard InChI is InChI=1S/C10H9ClN2O2/c1-6-12-5-7(13-6)9-2-3-10(15-9)8(14)4-11/h2-3,5H,4H2,1H3,(H,12,13). The van der Waals surface area contributed by atoms with E-state index in [1.54, 1.807) is 18.3 Å². The zero-order valence-corrected chi connectivity index (χ0v) is 8.84. The Morgan fingerprint density at radius 1 is 1.60 bits per heavy atom. The molecule has 2 aromatic rings. The van der Waals surface area contributed by atoms with E-state index in [9.17, 15) is 4.79 Å². The van der Waals surface area contributed by atoms with E-state index in [0.29, 0.717) is 5.76 Å². The lowest BCUT2D eigenvalue weighted by molar-refractivity contribution is 0.0991. The molecule has 0 fully saturated rings. The average Bonchev–Trinajstić information content (AvgIpc) is 2.84. The number of alkyl halides is 1. The molecule has 2 aromatic heterocycles. The molecule has 0 saturated carbocycles. The first kappa shape index (κ1) is 9.98. The van der Waals surface area contributed by atoms with Crippen molar-refractivity contribution < 1.29 is 9.21 Å². The third kappa shape index (κ3) is 1.94. The summed E-state index contributed by atoms with van der Waals surface area (Å²) in [6, 6.07) is 3.32. The Morgan fingerprint density at radius 3 is 3.00 bits per heavy atom. The van der Waals surface area contributed by atoms with Gasteiger partial charge in [-0.25, -0.2) is 4.98 Å². The zero-order valence-electron chi connectivity index (χ0n) is 8.08. The molecule has 0 aliphatic carbocycles. The molecule has 5 heteroatoms. The average molecular weight is 225 g/mol. The van der Waals surface area contributed by atoms with E-state index in [4.69, 9.17) is 16.0 Å². The van der Waals surface area contributed by atoms with Gasteiger partial charge in [0.15, 0.2) is 11.5 Å². The minimum Gasteiger partial charge on any atom is -0.451 e. The van der Waals surface area contributed by atoms with Crippen LogP contribution in [0.3, 0.4) is 0 Å². The van der Waals surface area contributed by atoms with E-state index in [-0.39, 0.29) is 17.4 Å². The predicted octanol–water partition coefficient (Wildman–Crippen LogP) is 2.40. The molecule has 78 valence electrons. The molecular formula is C10H9ClN2O2. The van der Waals surface area contributed by atoms with Crippen molar-refractivity contribution in [3.8, 4) is 11.5 Å². The maximum absolute atomic E-state index is 11.2. The number of aromatic nitrogens is 2. The number of aryl methyl sites for hydroxylation is 1. The van der Waals surface area contributed by atoms with Crippen LogP contribution in [0.4, 0.5) is 0 Å². The number of Topliss-reactive ketones (excluding diaryl/α,β-unsaturated/α-hetero) is 1. The minimum atomic E-state index is -0.223. The number of hydrogen-bond donors (Lipinski definition) is 1. The van der Waals surface area contributed by atoms with Crippen molar-refractivity contribution in [3.05, 3.63) is 29.9 Å². The molecule has 2 rings (SSSR count). The first-order chi connectivity index (χ1) is 7.20. The van der Waals surface area contributed by atoms with Gasteiger partial charge in [0.05, 0.1) is 12.1 Å². The van der Waals surface area contributed by atoms with Crippen LogP contribution in [-0.2, 0) is 0 Å². The molecule has 0 atom stereocenters. The van der Waals surface area contributed by atoms with Gasteiger partial charge in [-0.3, -0.25) is 4.79 Å². The molecule has 0 radical (unpaired) electrons. The Hall–Kier alpha value is -1.55. The normalized spacial score (nSPS) is 10.5. The summed E-state index contributed by atoms with van der Waals surface area (Å²) in [4.78, 5) is 18.3. The Labute approximate surface area is 91.3 Å². The third-order valence-corrected chi connectivity index (χ3v) is 2.21. The van der Waals surface area contributed by atoms with E-state index >= 15 is 0 Å². The van der Waals surface area contributed by atoms with Crippen molar-refractivity contribution in [1.29, 1.82) is 0 Å². The van der Waals surface area contributed by atoms with Crippen molar-refractivity contribution in [2.24, 2.45) is 0 Å². The van der Waals surface area contributed by atoms with Gasteiger partial charge in [0.2, 0.25) is 5.78 Å². The van der Waals surface area contributed by atoms with Crippen LogP contribution in [0.15, 0.2) is 22.7 Å². The molecule has 2 heterocycles. The quantitative estimate of drug-likeness (QED) is 0.643. The summed E-state index contributed by atoms with van der Waals surface area (Å²) in [5.41, 5.74) is 0.751. The number of rotatable bonds is 3. The fourth-order valence-corrected chi connectivity index (χ4v) is 1.38. The summed E-state index contributed by atoms with van der Waals surface area (Å²) in [7, 11) is 0. The summed E-state index contributed by atoms with van der Waals surface area (Å²) in [6.07, 6.45) is 1.66. The first-order valence-electron chi connectivity index (χ1n) is 4.41. The summed E-state index contributed by atoms with van der Waals surface area (Å²) >= 11 is 5.42. The molecule has 0 aliphatic heterocycles. The maximum atomic E-state index is 11.2. The molecule has 0 aromatic carbocycles. The van der Waals surface area contributed by atoms with Crippen LogP contribution >= 0.6 is 11.6 Å². The second-order valence-electron chi connectivity index (χ2n) is 3.10. The summed E-state index contributed by atoms with van der Waals surface area (Å²) < 4.78 is 5.33. The first-order valence-corrected chi connectivity index (χ1v) is 4.95. The van der Waals surface area contributed by atoms with E-state index in [1.165, 1.54) is 0 Å². The highest BCUT2D eigenvalue weighted by molar-refractivity contribution is 6.30. The van der Waals surface area contributed by atoms with Crippen LogP contribution in [0, 0.1) is 6.92 Å². The Bertz CT molecular complexity index is 487. The lowest BCUT2D eigenvalue weighted by Gasteiger charge is -1.91. The van der Waals surface area contributed by atoms with Gasteiger partial charge in [-0.05, 0) is 19.1 Å². The van der Waals surface area contributed by atoms with Gasteiger partial charge in [0.1, 0.15) is 11.5 Å². The second-order valence-corrected chi connectivity index (χ2v) is 3.37. The van der Waals surface area contributed by atoms with Crippen LogP contribution in [0.25, 0.3) is 11.5 Å². The number of nitrogens with one attached hydrogen (secondary N) is 1. The molecule has 0 bridgehead atoms. The fourth-order valence-electron chi connectivity index (χ4n) is 1.24. The third-order valence-electron chi connectivity index (χ3n) is 1.97. The number of carbonyl (C=O) groups is 1. The highest BCUT2D eigenvalue weighted by Crippen LogP contribution is 2.20. The predicted molar refractivity (Wildman–Crippen MR) is 56.1 cm³/mol. The second kappa shape index (κ2) is 3.90. The molecule has 15 heavy (non-hydrogen) atoms. The Kier molecular flexibility index (Phi) is 2.60. The Balaban J connectivity index is 2.31. The van der Waals surface area contributed by atoms with Crippen molar-refractivity contribution in [1.82, 2.24) is 9.97 Å². The zero-order chi connectivity index (χ0) is 10.8. The molecule has 0 saturated heterocycles. The van der Waals surface area contributed by atoms with Gasteiger partial charge in [-0.15, -0.1) is 11.6 Å². The minimum absolute atomic E-state index is 0.0744. The van der Waals surface area contributed by atoms with Crippen molar-refractivity contribution >= 4 is 17.4 Å². The SMILES string of the molecule is Cc1ncc(-c2ccc(C(=O)CCl)o2)[nH]1. The monoisotopic (exact) mass is 224 g/mol. The van der Waals surface area contributed by atoms with Gasteiger partial charge >= 0.3 is 0 Å². The number of ketones is 1. The van der Waals surface area contributed by atoms with Crippen molar-refractivity contribution in [3.63, 3.8) is 0 Å². The number of furan rings is 1. The molecule has 0 spiro atoms. The number of imidazole rings is 1. The maximum Gasteiger partial charge on any atom is 0.212 e. The number of H-pyrrole nitrogens is 1. The molecule has 0 aliphatic rings. The van der Waals surface area contributed by atoms with Crippen LogP contribution < -0.4 is 0 Å².